The van der Waals surface area contributed by atoms with Crippen LogP contribution in [0.5, 0.6) is 0 Å². The van der Waals surface area contributed by atoms with E-state index in [9.17, 15) is 9.59 Å². The highest BCUT2D eigenvalue weighted by Crippen LogP contribution is 2.04. The Balaban J connectivity index is 2.42. The molecule has 5 heteroatoms. The molecule has 1 aromatic rings. The van der Waals surface area contributed by atoms with Crippen molar-refractivity contribution in [1.29, 1.82) is 0 Å². The Labute approximate surface area is 99.6 Å². The van der Waals surface area contributed by atoms with E-state index in [0.717, 1.165) is 11.1 Å². The van der Waals surface area contributed by atoms with E-state index in [1.54, 1.807) is 0 Å². The van der Waals surface area contributed by atoms with E-state index in [-0.39, 0.29) is 18.9 Å². The van der Waals surface area contributed by atoms with Gasteiger partial charge in [-0.25, -0.2) is 0 Å². The third-order valence-electron chi connectivity index (χ3n) is 2.27. The number of carbonyl (C=O) groups excluding carboxylic acids is 2. The zero-order chi connectivity index (χ0) is 12.8. The Morgan fingerprint density at radius 1 is 1.47 bits per heavy atom. The van der Waals surface area contributed by atoms with Gasteiger partial charge in [0.05, 0.1) is 13.0 Å². The molecule has 2 amide bonds. The number of aliphatic hydroxyl groups excluding tert-OH is 1. The molecule has 0 saturated carbocycles. The largest absolute Gasteiger partial charge is 0.381 e. The molecule has 1 unspecified atom stereocenters. The second-order valence-corrected chi connectivity index (χ2v) is 3.89. The van der Waals surface area contributed by atoms with Crippen LogP contribution in [0.15, 0.2) is 24.3 Å². The lowest BCUT2D eigenvalue weighted by molar-refractivity contribution is -0.126. The number of primary amides is 1. The first-order valence-electron chi connectivity index (χ1n) is 5.28. The summed E-state index contributed by atoms with van der Waals surface area (Å²) in [5, 5.41) is 11.5. The van der Waals surface area contributed by atoms with Gasteiger partial charge in [-0.3, -0.25) is 9.59 Å². The maximum Gasteiger partial charge on any atom is 0.248 e. The second-order valence-electron chi connectivity index (χ2n) is 3.89. The number of rotatable bonds is 5. The number of hydrogen-bond donors (Lipinski definition) is 3. The molecule has 5 nitrogen and oxygen atoms in total. The molecule has 17 heavy (non-hydrogen) atoms. The molecule has 4 N–H and O–H groups in total. The predicted molar refractivity (Wildman–Crippen MR) is 63.1 cm³/mol. The molecule has 1 rings (SSSR count). The van der Waals surface area contributed by atoms with Crippen LogP contribution < -0.4 is 11.1 Å². The van der Waals surface area contributed by atoms with E-state index in [1.165, 1.54) is 0 Å². The van der Waals surface area contributed by atoms with E-state index in [2.05, 4.69) is 5.32 Å². The summed E-state index contributed by atoms with van der Waals surface area (Å²) in [7, 11) is 0. The molecular formula is C12H16N2O3. The van der Waals surface area contributed by atoms with Crippen LogP contribution in [0.2, 0.25) is 0 Å². The molecule has 0 spiro atoms. The maximum atomic E-state index is 11.5. The number of nitrogens with two attached hydrogens (primary N) is 1. The van der Waals surface area contributed by atoms with Gasteiger partial charge in [-0.2, -0.15) is 0 Å². The Morgan fingerprint density at radius 2 is 2.18 bits per heavy atom. The van der Waals surface area contributed by atoms with E-state index in [4.69, 9.17) is 10.8 Å². The lowest BCUT2D eigenvalue weighted by Gasteiger charge is -2.08. The van der Waals surface area contributed by atoms with Crippen molar-refractivity contribution in [2.24, 2.45) is 5.73 Å². The van der Waals surface area contributed by atoms with Gasteiger partial charge in [-0.1, -0.05) is 29.8 Å². The molecule has 1 aromatic carbocycles. The first kappa shape index (κ1) is 13.2. The fourth-order valence-corrected chi connectivity index (χ4v) is 1.38. The summed E-state index contributed by atoms with van der Waals surface area (Å²) in [6.45, 7) is 1.79. The van der Waals surface area contributed by atoms with Crippen LogP contribution in [0.3, 0.4) is 0 Å². The molecule has 0 saturated heterocycles. The zero-order valence-corrected chi connectivity index (χ0v) is 9.64. The van der Waals surface area contributed by atoms with E-state index in [0.29, 0.717) is 0 Å². The minimum Gasteiger partial charge on any atom is -0.381 e. The third-order valence-corrected chi connectivity index (χ3v) is 2.27. The molecule has 0 bridgehead atoms. The topological polar surface area (TPSA) is 92.4 Å². The molecular weight excluding hydrogens is 220 g/mol. The van der Waals surface area contributed by atoms with E-state index >= 15 is 0 Å². The summed E-state index contributed by atoms with van der Waals surface area (Å²) in [6.07, 6.45) is -1.12. The van der Waals surface area contributed by atoms with Crippen molar-refractivity contribution in [2.45, 2.75) is 19.4 Å². The van der Waals surface area contributed by atoms with Crippen LogP contribution in [0.4, 0.5) is 0 Å². The van der Waals surface area contributed by atoms with Crippen LogP contribution in [0, 0.1) is 6.92 Å². The summed E-state index contributed by atoms with van der Waals surface area (Å²) < 4.78 is 0. The average Bonchev–Trinajstić information content (AvgIpc) is 2.25. The van der Waals surface area contributed by atoms with E-state index < -0.39 is 12.0 Å². The monoisotopic (exact) mass is 236 g/mol. The van der Waals surface area contributed by atoms with Crippen molar-refractivity contribution < 1.29 is 14.7 Å². The molecule has 0 aliphatic heterocycles. The number of aryl methyl sites for hydroxylation is 1. The maximum absolute atomic E-state index is 11.5. The predicted octanol–water partition coefficient (Wildman–Crippen LogP) is -0.500. The van der Waals surface area contributed by atoms with Crippen molar-refractivity contribution in [3.63, 3.8) is 0 Å². The normalized spacial score (nSPS) is 11.9. The van der Waals surface area contributed by atoms with Gasteiger partial charge in [0.25, 0.3) is 0 Å². The van der Waals surface area contributed by atoms with Crippen molar-refractivity contribution in [3.8, 4) is 0 Å². The lowest BCUT2D eigenvalue weighted by atomic mass is 10.1. The fraction of sp³-hybridized carbons (Fsp3) is 0.333. The number of aliphatic hydroxyl groups is 1. The molecule has 0 aromatic heterocycles. The molecule has 92 valence electrons. The number of benzene rings is 1. The standard InChI is InChI=1S/C12H16N2O3/c1-8-3-2-4-9(5-8)6-11(16)14-7-10(15)12(13)17/h2-5,10,15H,6-7H2,1H3,(H2,13,17)(H,14,16). The highest BCUT2D eigenvalue weighted by Gasteiger charge is 2.12. The Kier molecular flexibility index (Phi) is 4.66. The first-order chi connectivity index (χ1) is 7.99. The van der Waals surface area contributed by atoms with Crippen LogP contribution in [0.25, 0.3) is 0 Å². The highest BCUT2D eigenvalue weighted by atomic mass is 16.3. The third kappa shape index (κ3) is 4.65. The summed E-state index contributed by atoms with van der Waals surface area (Å²) in [5.41, 5.74) is 6.82. The quantitative estimate of drug-likeness (QED) is 0.643. The van der Waals surface area contributed by atoms with Gasteiger partial charge in [0.15, 0.2) is 0 Å². The summed E-state index contributed by atoms with van der Waals surface area (Å²) in [4.78, 5) is 22.0. The van der Waals surface area contributed by atoms with Gasteiger partial charge >= 0.3 is 0 Å². The molecule has 0 aliphatic rings. The van der Waals surface area contributed by atoms with Gasteiger partial charge in [0, 0.05) is 0 Å². The minimum atomic E-state index is -1.34. The van der Waals surface area contributed by atoms with Gasteiger partial charge in [-0.15, -0.1) is 0 Å². The molecule has 0 radical (unpaired) electrons. The second kappa shape index (κ2) is 6.00. The molecule has 1 atom stereocenters. The van der Waals surface area contributed by atoms with Gasteiger partial charge < -0.3 is 16.2 Å². The smallest absolute Gasteiger partial charge is 0.248 e. The SMILES string of the molecule is Cc1cccc(CC(=O)NCC(O)C(N)=O)c1. The van der Waals surface area contributed by atoms with Crippen molar-refractivity contribution in [1.82, 2.24) is 5.32 Å². The van der Waals surface area contributed by atoms with Crippen molar-refractivity contribution in [2.75, 3.05) is 6.54 Å². The zero-order valence-electron chi connectivity index (χ0n) is 9.64. The summed E-state index contributed by atoms with van der Waals surface area (Å²) in [6, 6.07) is 7.57. The van der Waals surface area contributed by atoms with E-state index in [1.807, 2.05) is 31.2 Å². The first-order valence-corrected chi connectivity index (χ1v) is 5.28. The molecule has 0 aliphatic carbocycles. The van der Waals surface area contributed by atoms with Gasteiger partial charge in [-0.05, 0) is 12.5 Å². The van der Waals surface area contributed by atoms with Crippen LogP contribution in [-0.2, 0) is 16.0 Å². The van der Waals surface area contributed by atoms with Crippen molar-refractivity contribution >= 4 is 11.8 Å². The summed E-state index contributed by atoms with van der Waals surface area (Å²) >= 11 is 0. The lowest BCUT2D eigenvalue weighted by Crippen LogP contribution is -2.40. The van der Waals surface area contributed by atoms with Crippen LogP contribution in [0.1, 0.15) is 11.1 Å². The number of carbonyl (C=O) groups is 2. The number of nitrogens with one attached hydrogen (secondary N) is 1. The number of hydrogen-bond acceptors (Lipinski definition) is 3. The van der Waals surface area contributed by atoms with Gasteiger partial charge in [0.2, 0.25) is 11.8 Å². The number of amides is 2. The Bertz CT molecular complexity index is 418. The summed E-state index contributed by atoms with van der Waals surface area (Å²) in [5.74, 6) is -1.10. The minimum absolute atomic E-state index is 0.153. The van der Waals surface area contributed by atoms with Crippen LogP contribution >= 0.6 is 0 Å². The Morgan fingerprint density at radius 3 is 2.76 bits per heavy atom. The highest BCUT2D eigenvalue weighted by molar-refractivity contribution is 5.81. The molecule has 0 heterocycles. The van der Waals surface area contributed by atoms with Crippen molar-refractivity contribution in [3.05, 3.63) is 35.4 Å². The average molecular weight is 236 g/mol. The molecule has 0 fully saturated rings. The fourth-order valence-electron chi connectivity index (χ4n) is 1.38. The Hall–Kier alpha value is -1.88. The van der Waals surface area contributed by atoms with Gasteiger partial charge in [0.1, 0.15) is 6.10 Å². The van der Waals surface area contributed by atoms with Crippen LogP contribution in [-0.4, -0.2) is 29.6 Å².